The topological polar surface area (TPSA) is 67.9 Å². The average Bonchev–Trinajstić information content (AvgIpc) is 2.35. The molecule has 1 saturated heterocycles. The maximum atomic E-state index is 11.2. The van der Waals surface area contributed by atoms with E-state index < -0.39 is 0 Å². The normalized spacial score (nSPS) is 19.1. The van der Waals surface area contributed by atoms with E-state index in [1.54, 1.807) is 6.92 Å². The van der Waals surface area contributed by atoms with Crippen molar-refractivity contribution in [2.75, 3.05) is 26.7 Å². The number of carbonyl (C=O) groups is 1. The van der Waals surface area contributed by atoms with Crippen molar-refractivity contribution < 1.29 is 9.53 Å². The molecule has 0 aliphatic carbocycles. The molecule has 1 fully saturated rings. The van der Waals surface area contributed by atoms with Crippen LogP contribution in [-0.2, 0) is 9.53 Å². The lowest BCUT2D eigenvalue weighted by Crippen LogP contribution is -2.42. The van der Waals surface area contributed by atoms with E-state index in [0.29, 0.717) is 12.5 Å². The van der Waals surface area contributed by atoms with Gasteiger partial charge in [0.05, 0.1) is 19.6 Å². The molecule has 0 amide bonds. The number of nitrogens with zero attached hydrogens (tertiary/aromatic N) is 2. The summed E-state index contributed by atoms with van der Waals surface area (Å²) in [5.74, 6) is 0.844. The summed E-state index contributed by atoms with van der Waals surface area (Å²) >= 11 is 0. The Kier molecular flexibility index (Phi) is 8.30. The van der Waals surface area contributed by atoms with E-state index in [4.69, 9.17) is 5.73 Å². The number of carbonyl (C=O) groups excluding carboxylic acids is 1. The van der Waals surface area contributed by atoms with Crippen molar-refractivity contribution in [3.63, 3.8) is 0 Å². The van der Waals surface area contributed by atoms with Crippen LogP contribution in [-0.4, -0.2) is 43.6 Å². The van der Waals surface area contributed by atoms with Crippen LogP contribution in [0.4, 0.5) is 0 Å². The number of esters is 1. The maximum Gasteiger partial charge on any atom is 0.310 e. The van der Waals surface area contributed by atoms with E-state index in [1.165, 1.54) is 7.11 Å². The minimum Gasteiger partial charge on any atom is -0.469 e. The van der Waals surface area contributed by atoms with E-state index in [9.17, 15) is 4.79 Å². The zero-order valence-corrected chi connectivity index (χ0v) is 13.7. The van der Waals surface area contributed by atoms with E-state index in [1.807, 2.05) is 0 Å². The third kappa shape index (κ3) is 5.41. The molecular weight excluding hydrogens is 345 g/mol. The summed E-state index contributed by atoms with van der Waals surface area (Å²) in [6.45, 7) is 6.36. The standard InChI is InChI=1S/C12H23N3O2.HI/c1-9-4-6-15(7-5-9)12(13)14-8-10(2)11(16)17-3;/h9-10H,4-8H2,1-3H3,(H2,13,14);1H. The van der Waals surface area contributed by atoms with Crippen molar-refractivity contribution in [1.29, 1.82) is 0 Å². The van der Waals surface area contributed by atoms with Gasteiger partial charge in [0.2, 0.25) is 0 Å². The summed E-state index contributed by atoms with van der Waals surface area (Å²) in [7, 11) is 1.39. The van der Waals surface area contributed by atoms with Gasteiger partial charge >= 0.3 is 5.97 Å². The van der Waals surface area contributed by atoms with Crippen LogP contribution in [0, 0.1) is 11.8 Å². The molecule has 106 valence electrons. The van der Waals surface area contributed by atoms with Crippen molar-refractivity contribution in [3.8, 4) is 0 Å². The van der Waals surface area contributed by atoms with Crippen molar-refractivity contribution in [1.82, 2.24) is 4.90 Å². The highest BCUT2D eigenvalue weighted by Gasteiger charge is 2.18. The minimum absolute atomic E-state index is 0. The zero-order valence-electron chi connectivity index (χ0n) is 11.4. The second kappa shape index (κ2) is 8.55. The Bertz CT molecular complexity index is 289. The number of hydrogen-bond donors (Lipinski definition) is 1. The van der Waals surface area contributed by atoms with Crippen LogP contribution in [0.1, 0.15) is 26.7 Å². The maximum absolute atomic E-state index is 11.2. The first-order valence-corrected chi connectivity index (χ1v) is 6.17. The highest BCUT2D eigenvalue weighted by molar-refractivity contribution is 14.0. The number of nitrogens with two attached hydrogens (primary N) is 1. The van der Waals surface area contributed by atoms with Gasteiger partial charge in [-0.2, -0.15) is 0 Å². The molecule has 0 aromatic heterocycles. The highest BCUT2D eigenvalue weighted by Crippen LogP contribution is 2.15. The first-order valence-electron chi connectivity index (χ1n) is 6.17. The van der Waals surface area contributed by atoms with Gasteiger partial charge in [-0.25, -0.2) is 0 Å². The average molecular weight is 369 g/mol. The Morgan fingerprint density at radius 3 is 2.56 bits per heavy atom. The van der Waals surface area contributed by atoms with E-state index >= 15 is 0 Å². The third-order valence-corrected chi connectivity index (χ3v) is 3.24. The van der Waals surface area contributed by atoms with Crippen LogP contribution < -0.4 is 5.73 Å². The number of aliphatic imine (C=N–C) groups is 1. The second-order valence-electron chi connectivity index (χ2n) is 4.79. The Morgan fingerprint density at radius 1 is 1.50 bits per heavy atom. The van der Waals surface area contributed by atoms with Gasteiger partial charge in [-0.1, -0.05) is 13.8 Å². The van der Waals surface area contributed by atoms with Crippen LogP contribution in [0.5, 0.6) is 0 Å². The van der Waals surface area contributed by atoms with E-state index in [0.717, 1.165) is 31.8 Å². The molecule has 0 bridgehead atoms. The van der Waals surface area contributed by atoms with Gasteiger partial charge in [-0.3, -0.25) is 9.79 Å². The van der Waals surface area contributed by atoms with Crippen molar-refractivity contribution in [2.45, 2.75) is 26.7 Å². The van der Waals surface area contributed by atoms with Gasteiger partial charge in [0.25, 0.3) is 0 Å². The van der Waals surface area contributed by atoms with E-state index in [-0.39, 0.29) is 35.9 Å². The molecule has 0 radical (unpaired) electrons. The van der Waals surface area contributed by atoms with E-state index in [2.05, 4.69) is 21.6 Å². The fourth-order valence-electron chi connectivity index (χ4n) is 1.84. The van der Waals surface area contributed by atoms with Crippen molar-refractivity contribution in [2.24, 2.45) is 22.6 Å². The number of methoxy groups -OCH3 is 1. The molecule has 1 heterocycles. The van der Waals surface area contributed by atoms with Gasteiger partial charge in [0, 0.05) is 13.1 Å². The molecule has 1 unspecified atom stereocenters. The third-order valence-electron chi connectivity index (χ3n) is 3.24. The number of likely N-dealkylation sites (tertiary alicyclic amines) is 1. The first-order chi connectivity index (χ1) is 8.04. The van der Waals surface area contributed by atoms with Crippen LogP contribution in [0.2, 0.25) is 0 Å². The fourth-order valence-corrected chi connectivity index (χ4v) is 1.84. The molecule has 0 aromatic carbocycles. The lowest BCUT2D eigenvalue weighted by molar-refractivity contribution is -0.144. The molecule has 1 aliphatic rings. The lowest BCUT2D eigenvalue weighted by atomic mass is 10.00. The number of ether oxygens (including phenoxy) is 1. The molecule has 18 heavy (non-hydrogen) atoms. The monoisotopic (exact) mass is 369 g/mol. The Hall–Kier alpha value is -0.530. The van der Waals surface area contributed by atoms with Crippen molar-refractivity contribution in [3.05, 3.63) is 0 Å². The zero-order chi connectivity index (χ0) is 12.8. The second-order valence-corrected chi connectivity index (χ2v) is 4.79. The number of hydrogen-bond acceptors (Lipinski definition) is 3. The smallest absolute Gasteiger partial charge is 0.310 e. The molecule has 1 aliphatic heterocycles. The molecule has 2 N–H and O–H groups in total. The molecule has 6 heteroatoms. The Balaban J connectivity index is 0.00000289. The summed E-state index contributed by atoms with van der Waals surface area (Å²) < 4.78 is 4.64. The number of piperidine rings is 1. The van der Waals surface area contributed by atoms with Gasteiger partial charge < -0.3 is 15.4 Å². The lowest BCUT2D eigenvalue weighted by Gasteiger charge is -2.31. The first kappa shape index (κ1) is 17.5. The van der Waals surface area contributed by atoms with Gasteiger partial charge in [0.1, 0.15) is 0 Å². The van der Waals surface area contributed by atoms with Crippen LogP contribution in [0.15, 0.2) is 4.99 Å². The summed E-state index contributed by atoms with van der Waals surface area (Å²) in [5, 5.41) is 0. The van der Waals surface area contributed by atoms with Crippen LogP contribution in [0.25, 0.3) is 0 Å². The molecule has 0 aromatic rings. The Morgan fingerprint density at radius 2 is 2.06 bits per heavy atom. The molecular formula is C12H24IN3O2. The van der Waals surface area contributed by atoms with Crippen molar-refractivity contribution >= 4 is 35.9 Å². The number of guanidine groups is 1. The minimum atomic E-state index is -0.242. The molecule has 1 rings (SSSR count). The highest BCUT2D eigenvalue weighted by atomic mass is 127. The summed E-state index contributed by atoms with van der Waals surface area (Å²) in [5.41, 5.74) is 5.91. The molecule has 1 atom stereocenters. The predicted molar refractivity (Wildman–Crippen MR) is 83.1 cm³/mol. The molecule has 0 saturated carbocycles. The SMILES string of the molecule is COC(=O)C(C)CN=C(N)N1CCC(C)CC1.I. The summed E-state index contributed by atoms with van der Waals surface area (Å²) in [6, 6.07) is 0. The quantitative estimate of drug-likeness (QED) is 0.354. The fraction of sp³-hybridized carbons (Fsp3) is 0.833. The van der Waals surface area contributed by atoms with Crippen LogP contribution >= 0.6 is 24.0 Å². The van der Waals surface area contributed by atoms with Gasteiger partial charge in [-0.05, 0) is 18.8 Å². The van der Waals surface area contributed by atoms with Gasteiger partial charge in [-0.15, -0.1) is 24.0 Å². The summed E-state index contributed by atoms with van der Waals surface area (Å²) in [6.07, 6.45) is 2.31. The molecule has 5 nitrogen and oxygen atoms in total. The predicted octanol–water partition coefficient (Wildman–Crippen LogP) is 1.46. The summed E-state index contributed by atoms with van der Waals surface area (Å²) in [4.78, 5) is 17.5. The van der Waals surface area contributed by atoms with Crippen LogP contribution in [0.3, 0.4) is 0 Å². The number of halogens is 1. The largest absolute Gasteiger partial charge is 0.469 e. The number of rotatable bonds is 3. The Labute approximate surface area is 126 Å². The molecule has 0 spiro atoms. The van der Waals surface area contributed by atoms with Gasteiger partial charge in [0.15, 0.2) is 5.96 Å².